The van der Waals surface area contributed by atoms with Crippen molar-refractivity contribution in [1.82, 2.24) is 9.80 Å². The number of hydrogen-bond acceptors (Lipinski definition) is 7. The van der Waals surface area contributed by atoms with Gasteiger partial charge < -0.3 is 19.1 Å². The monoisotopic (exact) mass is 452 g/mol. The maximum atomic E-state index is 12.9. The Balaban J connectivity index is 1.32. The number of methoxy groups -OCH3 is 1. The van der Waals surface area contributed by atoms with Crippen molar-refractivity contribution in [2.45, 2.75) is 13.0 Å². The van der Waals surface area contributed by atoms with Gasteiger partial charge in [-0.25, -0.2) is 0 Å². The minimum absolute atomic E-state index is 0.113. The molecule has 0 N–H and O–H groups in total. The Kier molecular flexibility index (Phi) is 5.26. The summed E-state index contributed by atoms with van der Waals surface area (Å²) >= 11 is 0.806. The number of carbonyl (C=O) groups excluding carboxylic acids is 3. The van der Waals surface area contributed by atoms with Crippen molar-refractivity contribution in [3.05, 3.63) is 58.0 Å². The van der Waals surface area contributed by atoms with Crippen molar-refractivity contribution in [3.8, 4) is 17.2 Å². The van der Waals surface area contributed by atoms with Crippen LogP contribution in [-0.2, 0) is 22.6 Å². The number of benzene rings is 2. The molecule has 0 aromatic heterocycles. The fraction of sp³-hybridized carbons (Fsp3) is 0.261. The first-order chi connectivity index (χ1) is 15.5. The Morgan fingerprint density at radius 1 is 1.16 bits per heavy atom. The van der Waals surface area contributed by atoms with Gasteiger partial charge in [0.2, 0.25) is 12.7 Å². The number of fused-ring (bicyclic) bond motifs is 2. The summed E-state index contributed by atoms with van der Waals surface area (Å²) in [6, 6.07) is 11.4. The Labute approximate surface area is 188 Å². The van der Waals surface area contributed by atoms with Crippen LogP contribution in [0.2, 0.25) is 0 Å². The number of carbonyl (C=O) groups is 3. The molecule has 164 valence electrons. The van der Waals surface area contributed by atoms with E-state index in [0.29, 0.717) is 35.9 Å². The van der Waals surface area contributed by atoms with Crippen LogP contribution in [0, 0.1) is 0 Å². The maximum absolute atomic E-state index is 12.9. The zero-order valence-electron chi connectivity index (χ0n) is 17.3. The molecule has 0 atom stereocenters. The average Bonchev–Trinajstić information content (AvgIpc) is 3.37. The van der Waals surface area contributed by atoms with Crippen LogP contribution in [0.1, 0.15) is 16.7 Å². The molecule has 1 saturated heterocycles. The van der Waals surface area contributed by atoms with Gasteiger partial charge in [-0.1, -0.05) is 24.3 Å². The average molecular weight is 452 g/mol. The maximum Gasteiger partial charge on any atom is 0.294 e. The Hall–Kier alpha value is -3.46. The topological polar surface area (TPSA) is 85.4 Å². The fourth-order valence-electron chi connectivity index (χ4n) is 3.95. The molecule has 2 aromatic carbocycles. The van der Waals surface area contributed by atoms with Crippen molar-refractivity contribution in [2.75, 3.05) is 27.0 Å². The first kappa shape index (κ1) is 20.4. The van der Waals surface area contributed by atoms with E-state index in [0.717, 1.165) is 28.6 Å². The molecular weight excluding hydrogens is 432 g/mol. The molecule has 0 aliphatic carbocycles. The number of imide groups is 1. The van der Waals surface area contributed by atoms with E-state index in [1.807, 2.05) is 18.2 Å². The van der Waals surface area contributed by atoms with Crippen LogP contribution in [-0.4, -0.2) is 53.8 Å². The summed E-state index contributed by atoms with van der Waals surface area (Å²) in [5.41, 5.74) is 2.90. The summed E-state index contributed by atoms with van der Waals surface area (Å²) in [5.74, 6) is 0.843. The molecule has 0 radical (unpaired) electrons. The third-order valence-corrected chi connectivity index (χ3v) is 6.57. The lowest BCUT2D eigenvalue weighted by molar-refractivity contribution is -0.136. The van der Waals surface area contributed by atoms with Gasteiger partial charge in [-0.15, -0.1) is 0 Å². The van der Waals surface area contributed by atoms with Crippen molar-refractivity contribution in [3.63, 3.8) is 0 Å². The standard InChI is InChI=1S/C23H20N2O6S/c1-29-17-10-19-18(30-13-31-19)8-16(17)9-20-22(27)25(23(28)32-20)12-21(26)24-7-6-14-4-2-3-5-15(14)11-24/h2-5,8-10H,6-7,11-13H2,1H3/b20-9-. The second-order valence-electron chi connectivity index (χ2n) is 7.55. The molecule has 3 heterocycles. The molecular formula is C23H20N2O6S. The molecule has 2 aromatic rings. The lowest BCUT2D eigenvalue weighted by Gasteiger charge is -2.29. The van der Waals surface area contributed by atoms with Gasteiger partial charge in [0.25, 0.3) is 11.1 Å². The molecule has 3 aliphatic heterocycles. The minimum Gasteiger partial charge on any atom is -0.496 e. The highest BCUT2D eigenvalue weighted by atomic mass is 32.2. The summed E-state index contributed by atoms with van der Waals surface area (Å²) in [4.78, 5) is 41.2. The lowest BCUT2D eigenvalue weighted by Crippen LogP contribution is -2.44. The predicted molar refractivity (Wildman–Crippen MR) is 117 cm³/mol. The molecule has 0 saturated carbocycles. The number of thioether (sulfide) groups is 1. The molecule has 8 nitrogen and oxygen atoms in total. The van der Waals surface area contributed by atoms with Crippen LogP contribution in [0.3, 0.4) is 0 Å². The summed E-state index contributed by atoms with van der Waals surface area (Å²) in [7, 11) is 1.51. The van der Waals surface area contributed by atoms with E-state index < -0.39 is 11.1 Å². The quantitative estimate of drug-likeness (QED) is 0.659. The molecule has 3 amide bonds. The highest BCUT2D eigenvalue weighted by Crippen LogP contribution is 2.41. The molecule has 9 heteroatoms. The third-order valence-electron chi connectivity index (χ3n) is 5.66. The van der Waals surface area contributed by atoms with Crippen LogP contribution in [0.4, 0.5) is 4.79 Å². The van der Waals surface area contributed by atoms with Gasteiger partial charge in [0.15, 0.2) is 11.5 Å². The predicted octanol–water partition coefficient (Wildman–Crippen LogP) is 3.05. The smallest absolute Gasteiger partial charge is 0.294 e. The number of nitrogens with zero attached hydrogens (tertiary/aromatic N) is 2. The number of amides is 3. The Bertz CT molecular complexity index is 1160. The number of ether oxygens (including phenoxy) is 3. The fourth-order valence-corrected chi connectivity index (χ4v) is 4.78. The van der Waals surface area contributed by atoms with E-state index in [1.165, 1.54) is 12.7 Å². The van der Waals surface area contributed by atoms with Gasteiger partial charge in [-0.2, -0.15) is 0 Å². The molecule has 32 heavy (non-hydrogen) atoms. The van der Waals surface area contributed by atoms with Crippen LogP contribution >= 0.6 is 11.8 Å². The van der Waals surface area contributed by atoms with Gasteiger partial charge in [-0.05, 0) is 41.5 Å². The van der Waals surface area contributed by atoms with Gasteiger partial charge in [0, 0.05) is 24.7 Å². The largest absolute Gasteiger partial charge is 0.496 e. The summed E-state index contributed by atoms with van der Waals surface area (Å²) in [6.07, 6.45) is 2.33. The van der Waals surface area contributed by atoms with Crippen LogP contribution < -0.4 is 14.2 Å². The molecule has 0 spiro atoms. The van der Waals surface area contributed by atoms with E-state index in [2.05, 4.69) is 6.07 Å². The first-order valence-electron chi connectivity index (χ1n) is 10.1. The number of rotatable bonds is 4. The van der Waals surface area contributed by atoms with Crippen molar-refractivity contribution in [2.24, 2.45) is 0 Å². The lowest BCUT2D eigenvalue weighted by atomic mass is 10.00. The van der Waals surface area contributed by atoms with Gasteiger partial charge in [-0.3, -0.25) is 19.3 Å². The summed E-state index contributed by atoms with van der Waals surface area (Å²) in [6.45, 7) is 0.885. The van der Waals surface area contributed by atoms with E-state index in [-0.39, 0.29) is 24.2 Å². The summed E-state index contributed by atoms with van der Waals surface area (Å²) < 4.78 is 16.1. The highest BCUT2D eigenvalue weighted by molar-refractivity contribution is 8.18. The van der Waals surface area contributed by atoms with E-state index >= 15 is 0 Å². The summed E-state index contributed by atoms with van der Waals surface area (Å²) in [5, 5.41) is -0.466. The molecule has 0 unspecified atom stereocenters. The normalized spacial score (nSPS) is 18.3. The molecule has 3 aliphatic rings. The van der Waals surface area contributed by atoms with Crippen molar-refractivity contribution in [1.29, 1.82) is 0 Å². The zero-order valence-corrected chi connectivity index (χ0v) is 18.1. The van der Waals surface area contributed by atoms with E-state index in [9.17, 15) is 14.4 Å². The van der Waals surface area contributed by atoms with Gasteiger partial charge >= 0.3 is 0 Å². The van der Waals surface area contributed by atoms with Crippen molar-refractivity contribution >= 4 is 34.9 Å². The van der Waals surface area contributed by atoms with E-state index in [4.69, 9.17) is 14.2 Å². The van der Waals surface area contributed by atoms with Crippen LogP contribution in [0.5, 0.6) is 17.2 Å². The van der Waals surface area contributed by atoms with Crippen LogP contribution in [0.25, 0.3) is 6.08 Å². The van der Waals surface area contributed by atoms with Crippen molar-refractivity contribution < 1.29 is 28.6 Å². The van der Waals surface area contributed by atoms with Gasteiger partial charge in [0.05, 0.1) is 12.0 Å². The first-order valence-corrected chi connectivity index (χ1v) is 10.9. The Morgan fingerprint density at radius 3 is 2.69 bits per heavy atom. The second-order valence-corrected chi connectivity index (χ2v) is 8.54. The number of hydrogen-bond donors (Lipinski definition) is 0. The zero-order chi connectivity index (χ0) is 22.2. The van der Waals surface area contributed by atoms with E-state index in [1.54, 1.807) is 23.1 Å². The highest BCUT2D eigenvalue weighted by Gasteiger charge is 2.37. The Morgan fingerprint density at radius 2 is 1.91 bits per heavy atom. The molecule has 5 rings (SSSR count). The van der Waals surface area contributed by atoms with Gasteiger partial charge in [0.1, 0.15) is 12.3 Å². The third kappa shape index (κ3) is 3.69. The molecule has 0 bridgehead atoms. The second kappa shape index (κ2) is 8.23. The minimum atomic E-state index is -0.495. The van der Waals surface area contributed by atoms with Crippen LogP contribution in [0.15, 0.2) is 41.3 Å². The molecule has 1 fully saturated rings. The SMILES string of the molecule is COc1cc2c(cc1/C=C1\SC(=O)N(CC(=O)N3CCc4ccccc4C3)C1=O)OCO2.